The van der Waals surface area contributed by atoms with E-state index in [1.54, 1.807) is 0 Å². The molecule has 0 radical (unpaired) electrons. The standard InChI is InChI=1S/C10H11ClO5/c1-6(12)10(15-2)4-3-7(9(13)14)5-8(10)16-11/h3,5H,4H2,1-2H3,(H,13,14). The average molecular weight is 247 g/mol. The van der Waals surface area contributed by atoms with Crippen molar-refractivity contribution in [1.29, 1.82) is 0 Å². The van der Waals surface area contributed by atoms with Crippen LogP contribution in [-0.4, -0.2) is 29.6 Å². The van der Waals surface area contributed by atoms with E-state index in [2.05, 4.69) is 4.29 Å². The van der Waals surface area contributed by atoms with E-state index >= 15 is 0 Å². The van der Waals surface area contributed by atoms with Crippen LogP contribution in [0.15, 0.2) is 23.5 Å². The van der Waals surface area contributed by atoms with E-state index in [4.69, 9.17) is 21.7 Å². The van der Waals surface area contributed by atoms with Crippen LogP contribution >= 0.6 is 11.9 Å². The molecule has 6 heteroatoms. The second kappa shape index (κ2) is 4.67. The van der Waals surface area contributed by atoms with Crippen LogP contribution in [-0.2, 0) is 18.6 Å². The molecule has 1 atom stereocenters. The summed E-state index contributed by atoms with van der Waals surface area (Å²) in [7, 11) is 1.34. The van der Waals surface area contributed by atoms with Crippen molar-refractivity contribution in [3.05, 3.63) is 23.5 Å². The van der Waals surface area contributed by atoms with Gasteiger partial charge in [0, 0.05) is 13.5 Å². The maximum absolute atomic E-state index is 11.5. The molecule has 1 unspecified atom stereocenters. The van der Waals surface area contributed by atoms with Gasteiger partial charge in [0.25, 0.3) is 0 Å². The van der Waals surface area contributed by atoms with Crippen LogP contribution in [0.25, 0.3) is 0 Å². The molecule has 0 amide bonds. The number of hydrogen-bond acceptors (Lipinski definition) is 4. The second-order valence-electron chi connectivity index (χ2n) is 3.34. The molecule has 0 saturated heterocycles. The Balaban J connectivity index is 3.17. The Kier molecular flexibility index (Phi) is 3.72. The van der Waals surface area contributed by atoms with Crippen molar-refractivity contribution in [3.63, 3.8) is 0 Å². The lowest BCUT2D eigenvalue weighted by molar-refractivity contribution is -0.138. The number of aliphatic carboxylic acids is 1. The van der Waals surface area contributed by atoms with Crippen molar-refractivity contribution in [1.82, 2.24) is 0 Å². The number of carboxylic acid groups (broad SMARTS) is 1. The number of carboxylic acids is 1. The summed E-state index contributed by atoms with van der Waals surface area (Å²) in [6, 6.07) is 0. The Bertz CT molecular complexity index is 385. The Morgan fingerprint density at radius 3 is 2.56 bits per heavy atom. The van der Waals surface area contributed by atoms with Crippen molar-refractivity contribution >= 4 is 23.6 Å². The van der Waals surface area contributed by atoms with Crippen LogP contribution in [0.5, 0.6) is 0 Å². The van der Waals surface area contributed by atoms with Crippen molar-refractivity contribution in [2.75, 3.05) is 7.11 Å². The third-order valence-electron chi connectivity index (χ3n) is 2.54. The van der Waals surface area contributed by atoms with Gasteiger partial charge in [-0.3, -0.25) is 4.79 Å². The Hall–Kier alpha value is -1.33. The van der Waals surface area contributed by atoms with Crippen LogP contribution < -0.4 is 0 Å². The number of Topliss-reactive ketones (excluding diaryl/α,β-unsaturated/α-hetero) is 1. The highest BCUT2D eigenvalue weighted by Gasteiger charge is 2.43. The van der Waals surface area contributed by atoms with Gasteiger partial charge in [-0.05, 0) is 13.0 Å². The van der Waals surface area contributed by atoms with Crippen molar-refractivity contribution in [2.45, 2.75) is 18.9 Å². The number of carbonyl (C=O) groups is 2. The third kappa shape index (κ3) is 1.96. The van der Waals surface area contributed by atoms with Crippen LogP contribution in [0.1, 0.15) is 13.3 Å². The minimum atomic E-state index is -1.32. The van der Waals surface area contributed by atoms with Crippen LogP contribution in [0.4, 0.5) is 0 Å². The molecule has 0 aromatic heterocycles. The molecule has 0 aliphatic heterocycles. The van der Waals surface area contributed by atoms with Gasteiger partial charge >= 0.3 is 5.97 Å². The molecule has 0 aromatic carbocycles. The van der Waals surface area contributed by atoms with E-state index in [0.29, 0.717) is 0 Å². The first-order valence-electron chi connectivity index (χ1n) is 4.48. The van der Waals surface area contributed by atoms with Crippen LogP contribution in [0.3, 0.4) is 0 Å². The van der Waals surface area contributed by atoms with E-state index < -0.39 is 11.6 Å². The van der Waals surface area contributed by atoms with Gasteiger partial charge in [-0.15, -0.1) is 0 Å². The summed E-state index contributed by atoms with van der Waals surface area (Å²) in [4.78, 5) is 22.3. The van der Waals surface area contributed by atoms with Crippen molar-refractivity contribution in [3.8, 4) is 0 Å². The molecule has 5 nitrogen and oxygen atoms in total. The highest BCUT2D eigenvalue weighted by atomic mass is 35.5. The maximum atomic E-state index is 11.5. The number of ketones is 1. The normalized spacial score (nSPS) is 24.4. The Morgan fingerprint density at radius 2 is 2.19 bits per heavy atom. The van der Waals surface area contributed by atoms with Gasteiger partial charge in [0.15, 0.2) is 17.1 Å². The number of carbonyl (C=O) groups excluding carboxylic acids is 1. The van der Waals surface area contributed by atoms with Gasteiger partial charge in [0.05, 0.1) is 5.57 Å². The molecule has 0 heterocycles. The number of halogens is 1. The zero-order valence-electron chi connectivity index (χ0n) is 8.82. The first-order chi connectivity index (χ1) is 7.47. The summed E-state index contributed by atoms with van der Waals surface area (Å²) >= 11 is 5.24. The van der Waals surface area contributed by atoms with E-state index in [1.807, 2.05) is 0 Å². The molecular formula is C10H11ClO5. The predicted octanol–water partition coefficient (Wildman–Crippen LogP) is 1.43. The van der Waals surface area contributed by atoms with Gasteiger partial charge in [0.2, 0.25) is 0 Å². The summed E-state index contributed by atoms with van der Waals surface area (Å²) in [5, 5.41) is 8.80. The molecule has 16 heavy (non-hydrogen) atoms. The molecule has 0 fully saturated rings. The fraction of sp³-hybridized carbons (Fsp3) is 0.400. The van der Waals surface area contributed by atoms with E-state index in [0.717, 1.165) is 0 Å². The highest BCUT2D eigenvalue weighted by molar-refractivity contribution is 6.09. The lowest BCUT2D eigenvalue weighted by Gasteiger charge is -2.31. The van der Waals surface area contributed by atoms with Crippen molar-refractivity contribution < 1.29 is 23.7 Å². The second-order valence-corrected chi connectivity index (χ2v) is 3.50. The zero-order chi connectivity index (χ0) is 12.3. The summed E-state index contributed by atoms with van der Waals surface area (Å²) in [5.41, 5.74) is -1.30. The van der Waals surface area contributed by atoms with E-state index in [-0.39, 0.29) is 23.5 Å². The average Bonchev–Trinajstić information content (AvgIpc) is 2.27. The van der Waals surface area contributed by atoms with E-state index in [9.17, 15) is 9.59 Å². The highest BCUT2D eigenvalue weighted by Crippen LogP contribution is 2.34. The molecule has 1 aliphatic rings. The molecule has 1 N–H and O–H groups in total. The van der Waals surface area contributed by atoms with Gasteiger partial charge < -0.3 is 14.1 Å². The first kappa shape index (κ1) is 12.7. The van der Waals surface area contributed by atoms with Gasteiger partial charge in [-0.1, -0.05) is 6.08 Å². The van der Waals surface area contributed by atoms with Gasteiger partial charge in [-0.25, -0.2) is 4.79 Å². The lowest BCUT2D eigenvalue weighted by Crippen LogP contribution is -2.42. The predicted molar refractivity (Wildman–Crippen MR) is 55.8 cm³/mol. The maximum Gasteiger partial charge on any atom is 0.335 e. The summed E-state index contributed by atoms with van der Waals surface area (Å²) in [6.45, 7) is 1.33. The van der Waals surface area contributed by atoms with Gasteiger partial charge in [-0.2, -0.15) is 0 Å². The number of rotatable bonds is 4. The fourth-order valence-electron chi connectivity index (χ4n) is 1.55. The SMILES string of the molecule is COC1(C(C)=O)CC=C(C(=O)O)C=C1OCl. The number of ether oxygens (including phenoxy) is 1. The zero-order valence-corrected chi connectivity index (χ0v) is 9.58. The molecule has 0 spiro atoms. The molecule has 0 bridgehead atoms. The lowest BCUT2D eigenvalue weighted by atomic mass is 9.86. The smallest absolute Gasteiger partial charge is 0.335 e. The first-order valence-corrected chi connectivity index (χ1v) is 4.79. The van der Waals surface area contributed by atoms with Crippen LogP contribution in [0, 0.1) is 0 Å². The van der Waals surface area contributed by atoms with Gasteiger partial charge in [0.1, 0.15) is 11.9 Å². The molecular weight excluding hydrogens is 236 g/mol. The van der Waals surface area contributed by atoms with Crippen molar-refractivity contribution in [2.24, 2.45) is 0 Å². The minimum Gasteiger partial charge on any atom is -0.478 e. The number of methoxy groups -OCH3 is 1. The molecule has 1 aliphatic carbocycles. The molecule has 0 saturated carbocycles. The topological polar surface area (TPSA) is 72.8 Å². The summed E-state index contributed by atoms with van der Waals surface area (Å²) in [6.07, 6.45) is 2.66. The Labute approximate surface area is 97.5 Å². The fourth-order valence-corrected chi connectivity index (χ4v) is 1.72. The quantitative estimate of drug-likeness (QED) is 0.812. The Morgan fingerprint density at radius 1 is 1.56 bits per heavy atom. The summed E-state index contributed by atoms with van der Waals surface area (Å²) in [5.74, 6) is -1.42. The molecule has 0 aromatic rings. The monoisotopic (exact) mass is 246 g/mol. The minimum absolute atomic E-state index is 0.0101. The third-order valence-corrected chi connectivity index (χ3v) is 2.71. The summed E-state index contributed by atoms with van der Waals surface area (Å²) < 4.78 is 9.63. The van der Waals surface area contributed by atoms with E-state index in [1.165, 1.54) is 26.2 Å². The molecule has 88 valence electrons. The van der Waals surface area contributed by atoms with Crippen LogP contribution in [0.2, 0.25) is 0 Å². The number of hydrogen-bond donors (Lipinski definition) is 1. The largest absolute Gasteiger partial charge is 0.478 e. The molecule has 1 rings (SSSR count).